The monoisotopic (exact) mass is 263 g/mol. The molecule has 0 bridgehead atoms. The van der Waals surface area contributed by atoms with Gasteiger partial charge in [-0.15, -0.1) is 0 Å². The molecule has 0 N–H and O–H groups in total. The van der Waals surface area contributed by atoms with Crippen LogP contribution in [-0.4, -0.2) is 4.57 Å². The molecule has 0 radical (unpaired) electrons. The van der Waals surface area contributed by atoms with Crippen LogP contribution >= 0.6 is 0 Å². The average molecular weight is 263 g/mol. The Morgan fingerprint density at radius 3 is 2.25 bits per heavy atom. The van der Waals surface area contributed by atoms with E-state index in [1.165, 1.54) is 0 Å². The molecule has 2 aromatic carbocycles. The Morgan fingerprint density at radius 2 is 1.55 bits per heavy atom. The van der Waals surface area contributed by atoms with Crippen molar-refractivity contribution in [2.45, 2.75) is 13.8 Å². The maximum atomic E-state index is 12.8. The van der Waals surface area contributed by atoms with Crippen LogP contribution < -0.4 is 5.43 Å². The molecule has 3 rings (SSSR count). The molecule has 0 aliphatic carbocycles. The molecule has 0 fully saturated rings. The lowest BCUT2D eigenvalue weighted by Gasteiger charge is -2.13. The van der Waals surface area contributed by atoms with Crippen LogP contribution in [0.5, 0.6) is 0 Å². The van der Waals surface area contributed by atoms with Crippen molar-refractivity contribution in [1.82, 2.24) is 4.57 Å². The number of rotatable bonds is 1. The smallest absolute Gasteiger partial charge is 0.197 e. The van der Waals surface area contributed by atoms with E-state index in [2.05, 4.69) is 10.6 Å². The number of nitrogens with zero attached hydrogens (tertiary/aromatic N) is 1. The highest BCUT2D eigenvalue weighted by molar-refractivity contribution is 5.88. The summed E-state index contributed by atoms with van der Waals surface area (Å²) in [6, 6.07) is 13.9. The molecule has 1 heterocycles. The van der Waals surface area contributed by atoms with Crippen molar-refractivity contribution >= 4 is 10.9 Å². The Bertz CT molecular complexity index is 845. The first-order valence-corrected chi connectivity index (χ1v) is 6.74. The zero-order valence-electron chi connectivity index (χ0n) is 12.0. The van der Waals surface area contributed by atoms with E-state index in [0.29, 0.717) is 0 Å². The van der Waals surface area contributed by atoms with E-state index in [-0.39, 0.29) is 5.43 Å². The maximum absolute atomic E-state index is 12.8. The first kappa shape index (κ1) is 12.7. The molecule has 0 aliphatic heterocycles. The van der Waals surface area contributed by atoms with Gasteiger partial charge >= 0.3 is 0 Å². The molecule has 0 atom stereocenters. The number of aryl methyl sites for hydroxylation is 3. The highest BCUT2D eigenvalue weighted by Crippen LogP contribution is 2.23. The van der Waals surface area contributed by atoms with Crippen LogP contribution in [0.1, 0.15) is 11.1 Å². The van der Waals surface area contributed by atoms with E-state index < -0.39 is 0 Å². The van der Waals surface area contributed by atoms with Crippen molar-refractivity contribution in [3.8, 4) is 11.1 Å². The zero-order valence-corrected chi connectivity index (χ0v) is 12.0. The fourth-order valence-electron chi connectivity index (χ4n) is 2.81. The van der Waals surface area contributed by atoms with Crippen LogP contribution in [0, 0.1) is 13.8 Å². The topological polar surface area (TPSA) is 22.0 Å². The molecule has 20 heavy (non-hydrogen) atoms. The molecule has 1 aromatic heterocycles. The second kappa shape index (κ2) is 4.64. The van der Waals surface area contributed by atoms with Gasteiger partial charge in [0.2, 0.25) is 0 Å². The third kappa shape index (κ3) is 1.85. The molecular weight excluding hydrogens is 246 g/mol. The normalized spacial score (nSPS) is 10.9. The predicted octanol–water partition coefficient (Wildman–Crippen LogP) is 3.82. The molecule has 3 aromatic rings. The Kier molecular flexibility index (Phi) is 2.94. The number of fused-ring (bicyclic) bond motifs is 1. The molecule has 0 spiro atoms. The molecule has 0 saturated heterocycles. The van der Waals surface area contributed by atoms with Crippen LogP contribution in [0.25, 0.3) is 22.0 Å². The van der Waals surface area contributed by atoms with E-state index in [9.17, 15) is 4.79 Å². The zero-order chi connectivity index (χ0) is 14.3. The van der Waals surface area contributed by atoms with Gasteiger partial charge in [0.25, 0.3) is 0 Å². The highest BCUT2D eigenvalue weighted by Gasteiger charge is 2.12. The second-order valence-electron chi connectivity index (χ2n) is 5.27. The molecule has 0 amide bonds. The van der Waals surface area contributed by atoms with E-state index in [1.807, 2.05) is 63.5 Å². The number of hydrogen-bond acceptors (Lipinski definition) is 1. The van der Waals surface area contributed by atoms with Gasteiger partial charge in [0.05, 0.1) is 5.52 Å². The quantitative estimate of drug-likeness (QED) is 0.654. The Hall–Kier alpha value is -2.35. The van der Waals surface area contributed by atoms with E-state index in [1.54, 1.807) is 0 Å². The summed E-state index contributed by atoms with van der Waals surface area (Å²) < 4.78 is 2.06. The van der Waals surface area contributed by atoms with E-state index in [4.69, 9.17) is 0 Å². The van der Waals surface area contributed by atoms with Crippen molar-refractivity contribution in [3.63, 3.8) is 0 Å². The minimum absolute atomic E-state index is 0.116. The summed E-state index contributed by atoms with van der Waals surface area (Å²) >= 11 is 0. The Labute approximate surface area is 118 Å². The third-order valence-corrected chi connectivity index (χ3v) is 3.82. The number of aromatic nitrogens is 1. The van der Waals surface area contributed by atoms with Crippen molar-refractivity contribution in [2.24, 2.45) is 7.05 Å². The summed E-state index contributed by atoms with van der Waals surface area (Å²) in [6.45, 7) is 4.04. The first-order chi connectivity index (χ1) is 9.59. The first-order valence-electron chi connectivity index (χ1n) is 6.74. The number of hydrogen-bond donors (Lipinski definition) is 0. The van der Waals surface area contributed by atoms with Crippen molar-refractivity contribution in [3.05, 3.63) is 70.0 Å². The molecule has 0 saturated carbocycles. The van der Waals surface area contributed by atoms with Crippen LogP contribution in [0.2, 0.25) is 0 Å². The van der Waals surface area contributed by atoms with Crippen LogP contribution in [0.4, 0.5) is 0 Å². The van der Waals surface area contributed by atoms with Crippen LogP contribution in [-0.2, 0) is 7.05 Å². The summed E-state index contributed by atoms with van der Waals surface area (Å²) in [5, 5.41) is 0.828. The lowest BCUT2D eigenvalue weighted by atomic mass is 10.00. The molecule has 0 unspecified atom stereocenters. The Balaban J connectivity index is 2.47. The largest absolute Gasteiger partial charge is 0.349 e. The summed E-state index contributed by atoms with van der Waals surface area (Å²) in [4.78, 5) is 12.8. The molecule has 0 aliphatic rings. The van der Waals surface area contributed by atoms with Gasteiger partial charge < -0.3 is 4.57 Å². The van der Waals surface area contributed by atoms with Gasteiger partial charge in [-0.3, -0.25) is 4.79 Å². The van der Waals surface area contributed by atoms with Gasteiger partial charge in [-0.25, -0.2) is 0 Å². The van der Waals surface area contributed by atoms with Crippen molar-refractivity contribution < 1.29 is 0 Å². The minimum Gasteiger partial charge on any atom is -0.349 e. The summed E-state index contributed by atoms with van der Waals surface area (Å²) in [5.41, 5.74) is 5.03. The third-order valence-electron chi connectivity index (χ3n) is 3.82. The number of benzene rings is 2. The van der Waals surface area contributed by atoms with Gasteiger partial charge in [-0.2, -0.15) is 0 Å². The van der Waals surface area contributed by atoms with Crippen LogP contribution in [0.3, 0.4) is 0 Å². The summed E-state index contributed by atoms with van der Waals surface area (Å²) in [7, 11) is 2.00. The van der Waals surface area contributed by atoms with Crippen molar-refractivity contribution in [2.75, 3.05) is 0 Å². The standard InChI is InChI=1S/C18H17NO/c1-12-9-10-13(2)17-16(12)18(20)15(11-19(17)3)14-7-5-4-6-8-14/h4-11H,1-3H3. The van der Waals surface area contributed by atoms with E-state index in [0.717, 1.165) is 33.2 Å². The summed E-state index contributed by atoms with van der Waals surface area (Å²) in [6.07, 6.45) is 1.94. The average Bonchev–Trinajstić information content (AvgIpc) is 2.46. The van der Waals surface area contributed by atoms with E-state index >= 15 is 0 Å². The second-order valence-corrected chi connectivity index (χ2v) is 5.27. The van der Waals surface area contributed by atoms with Gasteiger partial charge in [-0.05, 0) is 30.5 Å². The molecule has 100 valence electrons. The Morgan fingerprint density at radius 1 is 0.900 bits per heavy atom. The fourth-order valence-corrected chi connectivity index (χ4v) is 2.81. The van der Waals surface area contributed by atoms with Crippen LogP contribution in [0.15, 0.2) is 53.5 Å². The minimum atomic E-state index is 0.116. The summed E-state index contributed by atoms with van der Waals surface area (Å²) in [5.74, 6) is 0. The maximum Gasteiger partial charge on any atom is 0.197 e. The van der Waals surface area contributed by atoms with Gasteiger partial charge in [0.15, 0.2) is 5.43 Å². The SMILES string of the molecule is Cc1ccc(C)c2c1c(=O)c(-c1ccccc1)cn2C. The van der Waals surface area contributed by atoms with Crippen molar-refractivity contribution in [1.29, 1.82) is 0 Å². The predicted molar refractivity (Wildman–Crippen MR) is 84.1 cm³/mol. The fraction of sp³-hybridized carbons (Fsp3) is 0.167. The lowest BCUT2D eigenvalue weighted by Crippen LogP contribution is -2.12. The molecule has 2 nitrogen and oxygen atoms in total. The molecular formula is C18H17NO. The molecule has 2 heteroatoms. The van der Waals surface area contributed by atoms with Gasteiger partial charge in [0.1, 0.15) is 0 Å². The van der Waals surface area contributed by atoms with Gasteiger partial charge in [0, 0.05) is 24.2 Å². The number of pyridine rings is 1. The van der Waals surface area contributed by atoms with Gasteiger partial charge in [-0.1, -0.05) is 42.5 Å². The highest BCUT2D eigenvalue weighted by atomic mass is 16.1. The lowest BCUT2D eigenvalue weighted by molar-refractivity contribution is 0.946.